The second kappa shape index (κ2) is 9.26. The quantitative estimate of drug-likeness (QED) is 0.739. The Labute approximate surface area is 129 Å². The zero-order valence-corrected chi connectivity index (χ0v) is 14.2. The molecule has 1 aliphatic rings. The molecule has 21 heavy (non-hydrogen) atoms. The summed E-state index contributed by atoms with van der Waals surface area (Å²) in [7, 11) is 0. The first-order chi connectivity index (χ1) is 9.90. The summed E-state index contributed by atoms with van der Waals surface area (Å²) in [5.74, 6) is 0. The summed E-state index contributed by atoms with van der Waals surface area (Å²) in [4.78, 5) is 14.0. The molecule has 1 atom stereocenters. The SMILES string of the molecule is CCN1CCCC(NCCCNC(=O)OC(C)(C)C)CC1. The maximum atomic E-state index is 11.5. The second-order valence-electron chi connectivity index (χ2n) is 6.80. The van der Waals surface area contributed by atoms with E-state index in [-0.39, 0.29) is 6.09 Å². The molecule has 5 heteroatoms. The molecule has 0 aromatic rings. The van der Waals surface area contributed by atoms with E-state index in [0.29, 0.717) is 12.6 Å². The van der Waals surface area contributed by atoms with Crippen LogP contribution in [-0.2, 0) is 4.74 Å². The van der Waals surface area contributed by atoms with Crippen LogP contribution in [0.5, 0.6) is 0 Å². The van der Waals surface area contributed by atoms with Crippen molar-refractivity contribution in [1.82, 2.24) is 15.5 Å². The monoisotopic (exact) mass is 299 g/mol. The zero-order chi connectivity index (χ0) is 15.7. The molecule has 0 radical (unpaired) electrons. The van der Waals surface area contributed by atoms with Crippen molar-refractivity contribution in [3.05, 3.63) is 0 Å². The second-order valence-corrected chi connectivity index (χ2v) is 6.80. The number of nitrogens with zero attached hydrogens (tertiary/aromatic N) is 1. The van der Waals surface area contributed by atoms with Crippen molar-refractivity contribution in [1.29, 1.82) is 0 Å². The number of carbonyl (C=O) groups is 1. The maximum absolute atomic E-state index is 11.5. The lowest BCUT2D eigenvalue weighted by Gasteiger charge is -2.20. The Bertz CT molecular complexity index is 302. The van der Waals surface area contributed by atoms with Crippen molar-refractivity contribution in [2.45, 2.75) is 65.0 Å². The molecule has 1 fully saturated rings. The first kappa shape index (κ1) is 18.2. The molecular formula is C16H33N3O2. The van der Waals surface area contributed by atoms with Gasteiger partial charge in [-0.2, -0.15) is 0 Å². The van der Waals surface area contributed by atoms with Gasteiger partial charge in [-0.25, -0.2) is 4.79 Å². The summed E-state index contributed by atoms with van der Waals surface area (Å²) in [5.41, 5.74) is -0.423. The lowest BCUT2D eigenvalue weighted by atomic mass is 10.1. The van der Waals surface area contributed by atoms with E-state index in [9.17, 15) is 4.79 Å². The van der Waals surface area contributed by atoms with E-state index < -0.39 is 5.60 Å². The predicted octanol–water partition coefficient (Wildman–Crippen LogP) is 2.37. The lowest BCUT2D eigenvalue weighted by molar-refractivity contribution is 0.0527. The van der Waals surface area contributed by atoms with Crippen molar-refractivity contribution in [3.8, 4) is 0 Å². The van der Waals surface area contributed by atoms with E-state index in [0.717, 1.165) is 19.5 Å². The molecule has 2 N–H and O–H groups in total. The predicted molar refractivity (Wildman–Crippen MR) is 86.6 cm³/mol. The van der Waals surface area contributed by atoms with Gasteiger partial charge in [0.25, 0.3) is 0 Å². The number of rotatable bonds is 6. The van der Waals surface area contributed by atoms with Gasteiger partial charge in [0, 0.05) is 12.6 Å². The van der Waals surface area contributed by atoms with E-state index in [1.165, 1.54) is 32.4 Å². The standard InChI is InChI=1S/C16H33N3O2/c1-5-19-12-6-8-14(9-13-19)17-10-7-11-18-15(20)21-16(2,3)4/h14,17H,5-13H2,1-4H3,(H,18,20). The molecule has 1 unspecified atom stereocenters. The van der Waals surface area contributed by atoms with Crippen molar-refractivity contribution in [2.24, 2.45) is 0 Å². The Hall–Kier alpha value is -0.810. The van der Waals surface area contributed by atoms with Gasteiger partial charge in [-0.3, -0.25) is 0 Å². The topological polar surface area (TPSA) is 53.6 Å². The molecule has 0 aromatic heterocycles. The van der Waals surface area contributed by atoms with Gasteiger partial charge in [0.05, 0.1) is 0 Å². The summed E-state index contributed by atoms with van der Waals surface area (Å²) in [6.45, 7) is 13.1. The van der Waals surface area contributed by atoms with Crippen LogP contribution in [0.15, 0.2) is 0 Å². The number of alkyl carbamates (subject to hydrolysis) is 1. The number of amides is 1. The van der Waals surface area contributed by atoms with Crippen LogP contribution in [-0.4, -0.2) is 55.4 Å². The smallest absolute Gasteiger partial charge is 0.407 e. The summed E-state index contributed by atoms with van der Waals surface area (Å²) in [5, 5.41) is 6.41. The van der Waals surface area contributed by atoms with Gasteiger partial charge in [0.1, 0.15) is 5.60 Å². The normalized spacial score (nSPS) is 20.9. The minimum atomic E-state index is -0.423. The molecule has 0 saturated carbocycles. The minimum Gasteiger partial charge on any atom is -0.444 e. The average molecular weight is 299 g/mol. The first-order valence-electron chi connectivity index (χ1n) is 8.33. The number of hydrogen-bond donors (Lipinski definition) is 2. The van der Waals surface area contributed by atoms with Crippen LogP contribution in [0.4, 0.5) is 4.79 Å². The Balaban J connectivity index is 2.05. The third-order valence-electron chi connectivity index (χ3n) is 3.72. The van der Waals surface area contributed by atoms with Gasteiger partial charge in [-0.05, 0) is 72.6 Å². The largest absolute Gasteiger partial charge is 0.444 e. The van der Waals surface area contributed by atoms with Crippen molar-refractivity contribution >= 4 is 6.09 Å². The Morgan fingerprint density at radius 3 is 2.67 bits per heavy atom. The molecule has 0 aromatic carbocycles. The summed E-state index contributed by atoms with van der Waals surface area (Å²) in [6.07, 6.45) is 4.38. The molecule has 0 spiro atoms. The highest BCUT2D eigenvalue weighted by atomic mass is 16.6. The van der Waals surface area contributed by atoms with Crippen LogP contribution < -0.4 is 10.6 Å². The van der Waals surface area contributed by atoms with E-state index >= 15 is 0 Å². The summed E-state index contributed by atoms with van der Waals surface area (Å²) < 4.78 is 5.20. The van der Waals surface area contributed by atoms with Crippen LogP contribution in [0.2, 0.25) is 0 Å². The fraction of sp³-hybridized carbons (Fsp3) is 0.938. The first-order valence-corrected chi connectivity index (χ1v) is 8.33. The Morgan fingerprint density at radius 1 is 1.24 bits per heavy atom. The van der Waals surface area contributed by atoms with Gasteiger partial charge in [-0.15, -0.1) is 0 Å². The van der Waals surface area contributed by atoms with Crippen LogP contribution in [0.3, 0.4) is 0 Å². The van der Waals surface area contributed by atoms with E-state index in [4.69, 9.17) is 4.74 Å². The minimum absolute atomic E-state index is 0.324. The molecule has 1 rings (SSSR count). The van der Waals surface area contributed by atoms with Crippen molar-refractivity contribution in [3.63, 3.8) is 0 Å². The third-order valence-corrected chi connectivity index (χ3v) is 3.72. The van der Waals surface area contributed by atoms with Gasteiger partial charge >= 0.3 is 6.09 Å². The van der Waals surface area contributed by atoms with Crippen molar-refractivity contribution < 1.29 is 9.53 Å². The Morgan fingerprint density at radius 2 is 2.00 bits per heavy atom. The molecular weight excluding hydrogens is 266 g/mol. The number of ether oxygens (including phenoxy) is 1. The fourth-order valence-corrected chi connectivity index (χ4v) is 2.58. The highest BCUT2D eigenvalue weighted by molar-refractivity contribution is 5.67. The van der Waals surface area contributed by atoms with Crippen LogP contribution >= 0.6 is 0 Å². The van der Waals surface area contributed by atoms with Crippen LogP contribution in [0.1, 0.15) is 53.4 Å². The molecule has 124 valence electrons. The van der Waals surface area contributed by atoms with Gasteiger partial charge in [0.2, 0.25) is 0 Å². The van der Waals surface area contributed by atoms with Crippen LogP contribution in [0, 0.1) is 0 Å². The van der Waals surface area contributed by atoms with E-state index in [1.54, 1.807) is 0 Å². The molecule has 5 nitrogen and oxygen atoms in total. The highest BCUT2D eigenvalue weighted by Gasteiger charge is 2.16. The number of hydrogen-bond acceptors (Lipinski definition) is 4. The molecule has 1 aliphatic heterocycles. The van der Waals surface area contributed by atoms with E-state index in [1.807, 2.05) is 20.8 Å². The number of likely N-dealkylation sites (tertiary alicyclic amines) is 1. The molecule has 1 saturated heterocycles. The molecule has 1 amide bonds. The third kappa shape index (κ3) is 8.94. The fourth-order valence-electron chi connectivity index (χ4n) is 2.58. The van der Waals surface area contributed by atoms with E-state index in [2.05, 4.69) is 22.5 Å². The summed E-state index contributed by atoms with van der Waals surface area (Å²) >= 11 is 0. The highest BCUT2D eigenvalue weighted by Crippen LogP contribution is 2.10. The van der Waals surface area contributed by atoms with Crippen LogP contribution in [0.25, 0.3) is 0 Å². The van der Waals surface area contributed by atoms with Gasteiger partial charge in [-0.1, -0.05) is 6.92 Å². The molecule has 1 heterocycles. The van der Waals surface area contributed by atoms with Gasteiger partial charge in [0.15, 0.2) is 0 Å². The molecule has 0 aliphatic carbocycles. The average Bonchev–Trinajstić information content (AvgIpc) is 2.61. The maximum Gasteiger partial charge on any atom is 0.407 e. The molecule has 0 bridgehead atoms. The number of carbonyl (C=O) groups excluding carboxylic acids is 1. The zero-order valence-electron chi connectivity index (χ0n) is 14.2. The summed E-state index contributed by atoms with van der Waals surface area (Å²) in [6, 6.07) is 0.628. The Kier molecular flexibility index (Phi) is 8.04. The number of nitrogens with one attached hydrogen (secondary N) is 2. The van der Waals surface area contributed by atoms with Gasteiger partial charge < -0.3 is 20.3 Å². The lowest BCUT2D eigenvalue weighted by Crippen LogP contribution is -2.35. The van der Waals surface area contributed by atoms with Crippen molar-refractivity contribution in [2.75, 3.05) is 32.7 Å².